The summed E-state index contributed by atoms with van der Waals surface area (Å²) in [5, 5.41) is 5.65. The van der Waals surface area contributed by atoms with E-state index in [-0.39, 0.29) is 17.6 Å². The largest absolute Gasteiger partial charge is 0.330 e. The topological polar surface area (TPSA) is 60.9 Å². The maximum Gasteiger partial charge on any atom is 0.143 e. The summed E-state index contributed by atoms with van der Waals surface area (Å²) in [6, 6.07) is 8.06. The highest BCUT2D eigenvalue weighted by Crippen LogP contribution is 2.21. The van der Waals surface area contributed by atoms with Gasteiger partial charge in [0, 0.05) is 24.4 Å². The number of para-hydroxylation sites is 1. The predicted octanol–water partition coefficient (Wildman–Crippen LogP) is 2.40. The zero-order valence-electron chi connectivity index (χ0n) is 12.5. The first-order valence-electron chi connectivity index (χ1n) is 7.25. The monoisotopic (exact) mass is 273 g/mol. The normalized spacial score (nSPS) is 13.1. The van der Waals surface area contributed by atoms with E-state index in [0.29, 0.717) is 13.0 Å². The highest BCUT2D eigenvalue weighted by atomic mass is 16.1. The zero-order chi connectivity index (χ0) is 14.7. The van der Waals surface area contributed by atoms with Crippen molar-refractivity contribution in [2.45, 2.75) is 33.7 Å². The molecule has 108 valence electrons. The summed E-state index contributed by atoms with van der Waals surface area (Å²) in [6.07, 6.45) is 0.369. The Balaban J connectivity index is 2.32. The molecule has 0 aliphatic rings. The number of hydrogen-bond acceptors (Lipinski definition) is 3. The summed E-state index contributed by atoms with van der Waals surface area (Å²) >= 11 is 0. The van der Waals surface area contributed by atoms with Gasteiger partial charge in [-0.25, -0.2) is 0 Å². The molecule has 2 rings (SSSR count). The molecule has 2 aromatic rings. The molecule has 0 saturated heterocycles. The molecule has 0 saturated carbocycles. The minimum absolute atomic E-state index is 0.0828. The first-order chi connectivity index (χ1) is 9.58. The highest BCUT2D eigenvalue weighted by Gasteiger charge is 2.22. The molecule has 20 heavy (non-hydrogen) atoms. The number of aryl methyl sites for hydroxylation is 1. The number of fused-ring (bicyclic) bond motifs is 1. The van der Waals surface area contributed by atoms with Crippen molar-refractivity contribution in [3.05, 3.63) is 30.0 Å². The molecule has 0 radical (unpaired) electrons. The summed E-state index contributed by atoms with van der Waals surface area (Å²) in [5.41, 5.74) is 7.68. The number of Topliss-reactive ketones (excluding diaryl/α,β-unsaturated/α-hetero) is 1. The van der Waals surface area contributed by atoms with Crippen LogP contribution in [0.15, 0.2) is 24.3 Å². The third kappa shape index (κ3) is 2.75. The minimum atomic E-state index is -0.0828. The van der Waals surface area contributed by atoms with Gasteiger partial charge in [-0.15, -0.1) is 0 Å². The van der Waals surface area contributed by atoms with Gasteiger partial charge in [0.15, 0.2) is 0 Å². The number of benzene rings is 1. The van der Waals surface area contributed by atoms with E-state index in [1.165, 1.54) is 0 Å². The Morgan fingerprint density at radius 1 is 1.35 bits per heavy atom. The van der Waals surface area contributed by atoms with Crippen molar-refractivity contribution in [2.75, 3.05) is 6.54 Å². The molecule has 4 nitrogen and oxygen atoms in total. The number of carbonyl (C=O) groups excluding carboxylic acids is 1. The lowest BCUT2D eigenvalue weighted by Crippen LogP contribution is -2.29. The van der Waals surface area contributed by atoms with E-state index in [9.17, 15) is 4.79 Å². The highest BCUT2D eigenvalue weighted by molar-refractivity contribution is 5.89. The standard InChI is InChI=1S/C16H23N3O/c1-4-19-15-8-6-5-7-12(15)14(18-19)9-16(20)13(10-17)11(2)3/h5-8,11,13H,4,9-10,17H2,1-3H3. The summed E-state index contributed by atoms with van der Waals surface area (Å²) in [6.45, 7) is 7.35. The van der Waals surface area contributed by atoms with E-state index < -0.39 is 0 Å². The fraction of sp³-hybridized carbons (Fsp3) is 0.500. The van der Waals surface area contributed by atoms with Crippen LogP contribution in [0.1, 0.15) is 26.5 Å². The van der Waals surface area contributed by atoms with Crippen molar-refractivity contribution in [3.8, 4) is 0 Å². The van der Waals surface area contributed by atoms with Crippen LogP contribution in [0.3, 0.4) is 0 Å². The van der Waals surface area contributed by atoms with Crippen molar-refractivity contribution in [3.63, 3.8) is 0 Å². The molecule has 0 amide bonds. The van der Waals surface area contributed by atoms with Gasteiger partial charge in [-0.2, -0.15) is 5.10 Å². The lowest BCUT2D eigenvalue weighted by atomic mass is 9.89. The maximum atomic E-state index is 12.4. The zero-order valence-corrected chi connectivity index (χ0v) is 12.5. The van der Waals surface area contributed by atoms with Gasteiger partial charge < -0.3 is 5.73 Å². The van der Waals surface area contributed by atoms with E-state index in [0.717, 1.165) is 23.1 Å². The lowest BCUT2D eigenvalue weighted by molar-refractivity contribution is -0.123. The van der Waals surface area contributed by atoms with Crippen molar-refractivity contribution in [1.82, 2.24) is 9.78 Å². The van der Waals surface area contributed by atoms with Crippen LogP contribution in [0, 0.1) is 11.8 Å². The number of carbonyl (C=O) groups is 1. The molecule has 0 spiro atoms. The fourth-order valence-corrected chi connectivity index (χ4v) is 2.64. The number of nitrogens with two attached hydrogens (primary N) is 1. The second kappa shape index (κ2) is 6.18. The minimum Gasteiger partial charge on any atom is -0.330 e. The van der Waals surface area contributed by atoms with Crippen LogP contribution in [-0.4, -0.2) is 22.1 Å². The summed E-state index contributed by atoms with van der Waals surface area (Å²) in [4.78, 5) is 12.4. The van der Waals surface area contributed by atoms with Crippen LogP contribution in [0.2, 0.25) is 0 Å². The van der Waals surface area contributed by atoms with Gasteiger partial charge >= 0.3 is 0 Å². The van der Waals surface area contributed by atoms with E-state index in [1.807, 2.05) is 42.8 Å². The molecule has 1 aromatic heterocycles. The molecule has 0 aliphatic heterocycles. The van der Waals surface area contributed by atoms with Crippen LogP contribution in [0.5, 0.6) is 0 Å². The SMILES string of the molecule is CCn1nc(CC(=O)C(CN)C(C)C)c2ccccc21. The van der Waals surface area contributed by atoms with Gasteiger partial charge in [-0.05, 0) is 18.9 Å². The van der Waals surface area contributed by atoms with Crippen molar-refractivity contribution in [2.24, 2.45) is 17.6 Å². The molecular formula is C16H23N3O. The Morgan fingerprint density at radius 3 is 2.65 bits per heavy atom. The third-order valence-corrected chi connectivity index (χ3v) is 3.85. The maximum absolute atomic E-state index is 12.4. The van der Waals surface area contributed by atoms with Gasteiger partial charge in [0.1, 0.15) is 5.78 Å². The number of hydrogen-bond donors (Lipinski definition) is 1. The molecule has 0 aliphatic carbocycles. The Kier molecular flexibility index (Phi) is 4.55. The van der Waals surface area contributed by atoms with Crippen LogP contribution in [0.4, 0.5) is 0 Å². The molecule has 0 fully saturated rings. The van der Waals surface area contributed by atoms with Gasteiger partial charge in [-0.3, -0.25) is 9.48 Å². The fourth-order valence-electron chi connectivity index (χ4n) is 2.64. The van der Waals surface area contributed by atoms with E-state index in [1.54, 1.807) is 0 Å². The second-order valence-electron chi connectivity index (χ2n) is 5.51. The first kappa shape index (κ1) is 14.7. The molecule has 1 heterocycles. The Hall–Kier alpha value is -1.68. The molecule has 1 aromatic carbocycles. The third-order valence-electron chi connectivity index (χ3n) is 3.85. The number of aromatic nitrogens is 2. The van der Waals surface area contributed by atoms with Gasteiger partial charge in [0.25, 0.3) is 0 Å². The van der Waals surface area contributed by atoms with E-state index in [2.05, 4.69) is 12.0 Å². The van der Waals surface area contributed by atoms with Crippen LogP contribution >= 0.6 is 0 Å². The average molecular weight is 273 g/mol. The van der Waals surface area contributed by atoms with Gasteiger partial charge in [-0.1, -0.05) is 32.0 Å². The van der Waals surface area contributed by atoms with Gasteiger partial charge in [0.2, 0.25) is 0 Å². The van der Waals surface area contributed by atoms with E-state index in [4.69, 9.17) is 5.73 Å². The number of ketones is 1. The van der Waals surface area contributed by atoms with E-state index >= 15 is 0 Å². The predicted molar refractivity (Wildman–Crippen MR) is 81.5 cm³/mol. The summed E-state index contributed by atoms with van der Waals surface area (Å²) in [5.74, 6) is 0.376. The van der Waals surface area contributed by atoms with Crippen molar-refractivity contribution in [1.29, 1.82) is 0 Å². The molecule has 1 unspecified atom stereocenters. The second-order valence-corrected chi connectivity index (χ2v) is 5.51. The Bertz CT molecular complexity index is 601. The molecular weight excluding hydrogens is 250 g/mol. The number of rotatable bonds is 6. The first-order valence-corrected chi connectivity index (χ1v) is 7.25. The van der Waals surface area contributed by atoms with Crippen LogP contribution < -0.4 is 5.73 Å². The van der Waals surface area contributed by atoms with Crippen molar-refractivity contribution < 1.29 is 4.79 Å². The average Bonchev–Trinajstić information content (AvgIpc) is 2.77. The molecule has 0 bridgehead atoms. The Morgan fingerprint density at radius 2 is 2.05 bits per heavy atom. The lowest BCUT2D eigenvalue weighted by Gasteiger charge is -2.16. The smallest absolute Gasteiger partial charge is 0.143 e. The van der Waals surface area contributed by atoms with Gasteiger partial charge in [0.05, 0.1) is 17.6 Å². The quantitative estimate of drug-likeness (QED) is 0.879. The van der Waals surface area contributed by atoms with Crippen LogP contribution in [-0.2, 0) is 17.8 Å². The molecule has 4 heteroatoms. The van der Waals surface area contributed by atoms with Crippen molar-refractivity contribution >= 4 is 16.7 Å². The summed E-state index contributed by atoms with van der Waals surface area (Å²) in [7, 11) is 0. The number of nitrogens with zero attached hydrogens (tertiary/aromatic N) is 2. The molecule has 2 N–H and O–H groups in total. The summed E-state index contributed by atoms with van der Waals surface area (Å²) < 4.78 is 1.95. The van der Waals surface area contributed by atoms with Crippen LogP contribution in [0.25, 0.3) is 10.9 Å². The Labute approximate surface area is 120 Å². The molecule has 1 atom stereocenters.